The number of hydrogen-bond donors (Lipinski definition) is 4. The molecule has 0 fully saturated rings. The van der Waals surface area contributed by atoms with Crippen LogP contribution < -0.4 is 5.32 Å². The van der Waals surface area contributed by atoms with Crippen LogP contribution in [-0.2, 0) is 6.42 Å². The Labute approximate surface area is 102 Å². The highest BCUT2D eigenvalue weighted by Crippen LogP contribution is 2.14. The van der Waals surface area contributed by atoms with Gasteiger partial charge in [0, 0.05) is 18.6 Å². The van der Waals surface area contributed by atoms with Gasteiger partial charge in [0.15, 0.2) is 0 Å². The summed E-state index contributed by atoms with van der Waals surface area (Å²) < 4.78 is 0. The normalized spacial score (nSPS) is 16.5. The zero-order valence-electron chi connectivity index (χ0n) is 10.1. The van der Waals surface area contributed by atoms with Crippen molar-refractivity contribution >= 4 is 0 Å². The van der Waals surface area contributed by atoms with E-state index in [1.54, 1.807) is 7.05 Å². The van der Waals surface area contributed by atoms with Crippen molar-refractivity contribution in [2.45, 2.75) is 18.6 Å². The topological polar surface area (TPSA) is 72.7 Å². The molecule has 1 aromatic rings. The Balaban J connectivity index is 2.69. The van der Waals surface area contributed by atoms with Gasteiger partial charge in [0.05, 0.1) is 12.7 Å². The van der Waals surface area contributed by atoms with Crippen LogP contribution in [-0.4, -0.2) is 47.7 Å². The van der Waals surface area contributed by atoms with Crippen LogP contribution in [0.3, 0.4) is 0 Å². The van der Waals surface area contributed by atoms with Crippen molar-refractivity contribution in [2.24, 2.45) is 5.92 Å². The van der Waals surface area contributed by atoms with Gasteiger partial charge in [-0.15, -0.1) is 0 Å². The lowest BCUT2D eigenvalue weighted by molar-refractivity contribution is 0.00733. The number of aliphatic hydroxyl groups is 3. The second-order valence-electron chi connectivity index (χ2n) is 4.18. The molecule has 3 atom stereocenters. The molecule has 4 nitrogen and oxygen atoms in total. The number of hydrogen-bond acceptors (Lipinski definition) is 4. The van der Waals surface area contributed by atoms with Crippen molar-refractivity contribution in [3.63, 3.8) is 0 Å². The maximum absolute atomic E-state index is 9.65. The molecule has 4 heteroatoms. The van der Waals surface area contributed by atoms with Gasteiger partial charge in [-0.3, -0.25) is 0 Å². The number of benzene rings is 1. The zero-order chi connectivity index (χ0) is 12.7. The Morgan fingerprint density at radius 1 is 1.12 bits per heavy atom. The van der Waals surface area contributed by atoms with E-state index in [-0.39, 0.29) is 25.2 Å². The predicted molar refractivity (Wildman–Crippen MR) is 66.7 cm³/mol. The van der Waals surface area contributed by atoms with Crippen molar-refractivity contribution in [1.29, 1.82) is 0 Å². The lowest BCUT2D eigenvalue weighted by Crippen LogP contribution is -2.45. The summed E-state index contributed by atoms with van der Waals surface area (Å²) in [5.74, 6) is -0.370. The van der Waals surface area contributed by atoms with Gasteiger partial charge in [0.25, 0.3) is 0 Å². The summed E-state index contributed by atoms with van der Waals surface area (Å²) in [5, 5.41) is 31.0. The second-order valence-corrected chi connectivity index (χ2v) is 4.18. The van der Waals surface area contributed by atoms with Gasteiger partial charge in [0.1, 0.15) is 0 Å². The van der Waals surface area contributed by atoms with E-state index in [2.05, 4.69) is 5.32 Å². The molecule has 1 aromatic carbocycles. The van der Waals surface area contributed by atoms with E-state index in [0.29, 0.717) is 6.42 Å². The number of nitrogens with one attached hydrogen (secondary N) is 1. The molecule has 0 heterocycles. The Bertz CT molecular complexity index is 305. The second kappa shape index (κ2) is 7.40. The van der Waals surface area contributed by atoms with Crippen molar-refractivity contribution in [1.82, 2.24) is 5.32 Å². The van der Waals surface area contributed by atoms with Gasteiger partial charge in [-0.25, -0.2) is 0 Å². The summed E-state index contributed by atoms with van der Waals surface area (Å²) in [5.41, 5.74) is 1.13. The van der Waals surface area contributed by atoms with Crippen LogP contribution in [0.1, 0.15) is 5.56 Å². The highest BCUT2D eigenvalue weighted by atomic mass is 16.3. The van der Waals surface area contributed by atoms with Crippen LogP contribution in [0.5, 0.6) is 0 Å². The first-order valence-electron chi connectivity index (χ1n) is 5.83. The third kappa shape index (κ3) is 4.09. The molecule has 0 radical (unpaired) electrons. The molecule has 2 unspecified atom stereocenters. The van der Waals surface area contributed by atoms with Crippen LogP contribution >= 0.6 is 0 Å². The van der Waals surface area contributed by atoms with E-state index >= 15 is 0 Å². The third-order valence-electron chi connectivity index (χ3n) is 3.08. The van der Waals surface area contributed by atoms with Gasteiger partial charge in [-0.05, 0) is 19.0 Å². The van der Waals surface area contributed by atoms with Gasteiger partial charge in [-0.2, -0.15) is 0 Å². The molecule has 0 aromatic heterocycles. The summed E-state index contributed by atoms with van der Waals surface area (Å²) in [7, 11) is 1.79. The Kier molecular flexibility index (Phi) is 6.15. The average molecular weight is 239 g/mol. The fourth-order valence-corrected chi connectivity index (χ4v) is 1.99. The van der Waals surface area contributed by atoms with E-state index in [0.717, 1.165) is 5.56 Å². The minimum absolute atomic E-state index is 0.0652. The van der Waals surface area contributed by atoms with Crippen molar-refractivity contribution in [3.05, 3.63) is 35.9 Å². The predicted octanol–water partition coefficient (Wildman–Crippen LogP) is -0.221. The highest BCUT2D eigenvalue weighted by Gasteiger charge is 2.26. The molecule has 0 aliphatic carbocycles. The first-order valence-corrected chi connectivity index (χ1v) is 5.83. The Morgan fingerprint density at radius 2 is 1.76 bits per heavy atom. The van der Waals surface area contributed by atoms with Gasteiger partial charge >= 0.3 is 0 Å². The fraction of sp³-hybridized carbons (Fsp3) is 0.538. The summed E-state index contributed by atoms with van der Waals surface area (Å²) in [6, 6.07) is 9.80. The van der Waals surface area contributed by atoms with E-state index in [1.807, 2.05) is 30.3 Å². The van der Waals surface area contributed by atoms with Gasteiger partial charge < -0.3 is 20.6 Å². The standard InChI is InChI=1S/C13H21NO3/c1-14-12(11(8-15)13(17)9-16)7-10-5-3-2-4-6-10/h2-6,11-17H,7-9H2,1H3/t11?,12?,13-/m0/s1. The molecule has 96 valence electrons. The third-order valence-corrected chi connectivity index (χ3v) is 3.08. The molecule has 0 bridgehead atoms. The minimum Gasteiger partial charge on any atom is -0.396 e. The fourth-order valence-electron chi connectivity index (χ4n) is 1.99. The molecule has 1 rings (SSSR count). The van der Waals surface area contributed by atoms with Crippen molar-refractivity contribution in [2.75, 3.05) is 20.3 Å². The molecule has 0 saturated carbocycles. The molecule has 0 aliphatic rings. The van der Waals surface area contributed by atoms with Crippen LogP contribution in [0.15, 0.2) is 30.3 Å². The Morgan fingerprint density at radius 3 is 2.24 bits per heavy atom. The van der Waals surface area contributed by atoms with Crippen molar-refractivity contribution in [3.8, 4) is 0 Å². The first kappa shape index (κ1) is 14.1. The van der Waals surface area contributed by atoms with Crippen LogP contribution in [0, 0.1) is 5.92 Å². The molecule has 0 aliphatic heterocycles. The molecule has 0 saturated heterocycles. The SMILES string of the molecule is CNC(Cc1ccccc1)C(CO)[C@@H](O)CO. The smallest absolute Gasteiger partial charge is 0.0835 e. The monoisotopic (exact) mass is 239 g/mol. The zero-order valence-corrected chi connectivity index (χ0v) is 10.1. The number of rotatable bonds is 7. The van der Waals surface area contributed by atoms with E-state index in [1.165, 1.54) is 0 Å². The maximum atomic E-state index is 9.65. The van der Waals surface area contributed by atoms with Crippen LogP contribution in [0.2, 0.25) is 0 Å². The van der Waals surface area contributed by atoms with Crippen molar-refractivity contribution < 1.29 is 15.3 Å². The van der Waals surface area contributed by atoms with Crippen LogP contribution in [0.4, 0.5) is 0 Å². The number of aliphatic hydroxyl groups excluding tert-OH is 3. The molecule has 17 heavy (non-hydrogen) atoms. The average Bonchev–Trinajstić information content (AvgIpc) is 2.39. The Hall–Kier alpha value is -0.940. The first-order chi connectivity index (χ1) is 8.22. The summed E-state index contributed by atoms with van der Waals surface area (Å²) in [6.45, 7) is -0.488. The summed E-state index contributed by atoms with van der Waals surface area (Å²) >= 11 is 0. The van der Waals surface area contributed by atoms with E-state index < -0.39 is 6.10 Å². The highest BCUT2D eigenvalue weighted by molar-refractivity contribution is 5.16. The van der Waals surface area contributed by atoms with E-state index in [9.17, 15) is 10.2 Å². The summed E-state index contributed by atoms with van der Waals surface area (Å²) in [4.78, 5) is 0. The molecule has 0 spiro atoms. The molecule has 4 N–H and O–H groups in total. The summed E-state index contributed by atoms with van der Waals surface area (Å²) in [6.07, 6.45) is -0.194. The lowest BCUT2D eigenvalue weighted by Gasteiger charge is -2.28. The molecular formula is C13H21NO3. The largest absolute Gasteiger partial charge is 0.396 e. The van der Waals surface area contributed by atoms with E-state index in [4.69, 9.17) is 5.11 Å². The van der Waals surface area contributed by atoms with Gasteiger partial charge in [-0.1, -0.05) is 30.3 Å². The minimum atomic E-state index is -0.902. The van der Waals surface area contributed by atoms with Crippen LogP contribution in [0.25, 0.3) is 0 Å². The molecule has 0 amide bonds. The van der Waals surface area contributed by atoms with Gasteiger partial charge in [0.2, 0.25) is 0 Å². The lowest BCUT2D eigenvalue weighted by atomic mass is 9.90. The number of likely N-dealkylation sites (N-methyl/N-ethyl adjacent to an activating group) is 1. The maximum Gasteiger partial charge on any atom is 0.0835 e. The molecular weight excluding hydrogens is 218 g/mol. The quantitative estimate of drug-likeness (QED) is 0.531.